The van der Waals surface area contributed by atoms with Gasteiger partial charge in [-0.15, -0.1) is 0 Å². The summed E-state index contributed by atoms with van der Waals surface area (Å²) in [6, 6.07) is 10.7. The van der Waals surface area contributed by atoms with E-state index < -0.39 is 11.9 Å². The minimum Gasteiger partial charge on any atom is -0.368 e. The summed E-state index contributed by atoms with van der Waals surface area (Å²) in [5.41, 5.74) is 6.74. The Labute approximate surface area is 115 Å². The number of rotatable bonds is 5. The molecule has 3 nitrogen and oxygen atoms in total. The molecule has 3 N–H and O–H groups in total. The fourth-order valence-corrected chi connectivity index (χ4v) is 1.86. The fourth-order valence-electron chi connectivity index (χ4n) is 1.86. The number of benzene rings is 2. The molecule has 2 aromatic carbocycles. The van der Waals surface area contributed by atoms with E-state index in [1.165, 1.54) is 36.4 Å². The van der Waals surface area contributed by atoms with Crippen molar-refractivity contribution in [2.75, 3.05) is 0 Å². The number of nitrogens with two attached hydrogens (primary N) is 1. The first kappa shape index (κ1) is 14.1. The summed E-state index contributed by atoms with van der Waals surface area (Å²) in [6.45, 7) is 0.352. The monoisotopic (exact) mass is 276 g/mol. The molecule has 0 saturated heterocycles. The summed E-state index contributed by atoms with van der Waals surface area (Å²) in [7, 11) is 0. The standard InChI is InChI=1S/C15H14F2N2O/c16-12-5-1-10(2-6-12)9-19-14(15(18)20)11-3-7-13(17)8-4-11/h1-8,14,19H,9H2,(H2,18,20). The van der Waals surface area contributed by atoms with Crippen molar-refractivity contribution < 1.29 is 13.6 Å². The third kappa shape index (κ3) is 3.61. The van der Waals surface area contributed by atoms with Crippen LogP contribution in [0.15, 0.2) is 48.5 Å². The van der Waals surface area contributed by atoms with Crippen LogP contribution in [0, 0.1) is 11.6 Å². The molecule has 0 spiro atoms. The molecule has 0 saturated carbocycles. The summed E-state index contributed by atoms with van der Waals surface area (Å²) in [6.07, 6.45) is 0. The summed E-state index contributed by atoms with van der Waals surface area (Å²) in [5.74, 6) is -1.26. The average molecular weight is 276 g/mol. The van der Waals surface area contributed by atoms with Gasteiger partial charge < -0.3 is 5.73 Å². The van der Waals surface area contributed by atoms with Crippen LogP contribution in [-0.2, 0) is 11.3 Å². The molecule has 0 fully saturated rings. The first-order valence-corrected chi connectivity index (χ1v) is 6.09. The molecule has 0 aliphatic heterocycles. The second-order valence-electron chi connectivity index (χ2n) is 4.39. The van der Waals surface area contributed by atoms with Gasteiger partial charge in [0.15, 0.2) is 0 Å². The highest BCUT2D eigenvalue weighted by Crippen LogP contribution is 2.14. The van der Waals surface area contributed by atoms with Crippen molar-refractivity contribution in [1.82, 2.24) is 5.32 Å². The topological polar surface area (TPSA) is 55.1 Å². The Bertz CT molecular complexity index is 582. The van der Waals surface area contributed by atoms with Crippen molar-refractivity contribution in [3.8, 4) is 0 Å². The average Bonchev–Trinajstić information content (AvgIpc) is 2.43. The Balaban J connectivity index is 2.08. The van der Waals surface area contributed by atoms with Crippen LogP contribution in [0.5, 0.6) is 0 Å². The SMILES string of the molecule is NC(=O)C(NCc1ccc(F)cc1)c1ccc(F)cc1. The van der Waals surface area contributed by atoms with Gasteiger partial charge in [0.1, 0.15) is 17.7 Å². The number of nitrogens with one attached hydrogen (secondary N) is 1. The number of amides is 1. The van der Waals surface area contributed by atoms with Gasteiger partial charge in [0.05, 0.1) is 0 Å². The maximum atomic E-state index is 12.9. The van der Waals surface area contributed by atoms with Crippen LogP contribution in [0.3, 0.4) is 0 Å². The summed E-state index contributed by atoms with van der Waals surface area (Å²) in [4.78, 5) is 11.5. The molecule has 1 unspecified atom stereocenters. The zero-order valence-corrected chi connectivity index (χ0v) is 10.6. The van der Waals surface area contributed by atoms with Gasteiger partial charge in [-0.3, -0.25) is 10.1 Å². The molecule has 1 amide bonds. The highest BCUT2D eigenvalue weighted by atomic mass is 19.1. The van der Waals surface area contributed by atoms with Crippen LogP contribution in [0.25, 0.3) is 0 Å². The zero-order chi connectivity index (χ0) is 14.5. The minimum absolute atomic E-state index is 0.321. The Morgan fingerprint density at radius 1 is 1.00 bits per heavy atom. The lowest BCUT2D eigenvalue weighted by molar-refractivity contribution is -0.120. The number of carbonyl (C=O) groups is 1. The number of halogens is 2. The zero-order valence-electron chi connectivity index (χ0n) is 10.6. The first-order valence-electron chi connectivity index (χ1n) is 6.09. The van der Waals surface area contributed by atoms with Gasteiger partial charge in [-0.1, -0.05) is 24.3 Å². The number of carbonyl (C=O) groups excluding carboxylic acids is 1. The van der Waals surface area contributed by atoms with Gasteiger partial charge in [0.2, 0.25) is 5.91 Å². The van der Waals surface area contributed by atoms with Crippen LogP contribution in [0.2, 0.25) is 0 Å². The van der Waals surface area contributed by atoms with Crippen molar-refractivity contribution in [3.05, 3.63) is 71.3 Å². The maximum absolute atomic E-state index is 12.9. The van der Waals surface area contributed by atoms with E-state index in [0.29, 0.717) is 12.1 Å². The predicted molar refractivity (Wildman–Crippen MR) is 71.6 cm³/mol. The summed E-state index contributed by atoms with van der Waals surface area (Å²) < 4.78 is 25.7. The van der Waals surface area contributed by atoms with Crippen molar-refractivity contribution in [3.63, 3.8) is 0 Å². The van der Waals surface area contributed by atoms with Crippen molar-refractivity contribution >= 4 is 5.91 Å². The van der Waals surface area contributed by atoms with E-state index in [2.05, 4.69) is 5.32 Å². The molecule has 0 aliphatic carbocycles. The smallest absolute Gasteiger partial charge is 0.239 e. The molecule has 0 aromatic heterocycles. The fraction of sp³-hybridized carbons (Fsp3) is 0.133. The predicted octanol–water partition coefficient (Wildman–Crippen LogP) is 2.28. The van der Waals surface area contributed by atoms with E-state index in [0.717, 1.165) is 5.56 Å². The van der Waals surface area contributed by atoms with Crippen LogP contribution < -0.4 is 11.1 Å². The van der Waals surface area contributed by atoms with E-state index in [1.54, 1.807) is 12.1 Å². The Morgan fingerprint density at radius 2 is 1.50 bits per heavy atom. The molecule has 20 heavy (non-hydrogen) atoms. The van der Waals surface area contributed by atoms with E-state index in [-0.39, 0.29) is 11.6 Å². The van der Waals surface area contributed by atoms with E-state index in [1.807, 2.05) is 0 Å². The molecule has 0 heterocycles. The van der Waals surface area contributed by atoms with Gasteiger partial charge in [0.25, 0.3) is 0 Å². The number of hydrogen-bond acceptors (Lipinski definition) is 2. The molecule has 1 atom stereocenters. The lowest BCUT2D eigenvalue weighted by atomic mass is 10.1. The quantitative estimate of drug-likeness (QED) is 0.880. The maximum Gasteiger partial charge on any atom is 0.239 e. The Hall–Kier alpha value is -2.27. The molecular formula is C15H14F2N2O. The van der Waals surface area contributed by atoms with Crippen LogP contribution in [-0.4, -0.2) is 5.91 Å². The van der Waals surface area contributed by atoms with Crippen molar-refractivity contribution in [1.29, 1.82) is 0 Å². The number of primary amides is 1. The van der Waals surface area contributed by atoms with Gasteiger partial charge in [-0.25, -0.2) is 8.78 Å². The van der Waals surface area contributed by atoms with Crippen LogP contribution in [0.1, 0.15) is 17.2 Å². The number of hydrogen-bond donors (Lipinski definition) is 2. The van der Waals surface area contributed by atoms with E-state index in [4.69, 9.17) is 5.73 Å². The highest BCUT2D eigenvalue weighted by Gasteiger charge is 2.17. The third-order valence-corrected chi connectivity index (χ3v) is 2.91. The van der Waals surface area contributed by atoms with Gasteiger partial charge >= 0.3 is 0 Å². The molecule has 2 rings (SSSR count). The first-order chi connectivity index (χ1) is 9.56. The molecular weight excluding hydrogens is 262 g/mol. The van der Waals surface area contributed by atoms with Crippen LogP contribution >= 0.6 is 0 Å². The Kier molecular flexibility index (Phi) is 4.42. The second-order valence-corrected chi connectivity index (χ2v) is 4.39. The molecule has 104 valence electrons. The normalized spacial score (nSPS) is 12.1. The lowest BCUT2D eigenvalue weighted by Crippen LogP contribution is -2.33. The van der Waals surface area contributed by atoms with Crippen molar-refractivity contribution in [2.45, 2.75) is 12.6 Å². The largest absolute Gasteiger partial charge is 0.368 e. The molecule has 0 radical (unpaired) electrons. The lowest BCUT2D eigenvalue weighted by Gasteiger charge is -2.16. The Morgan fingerprint density at radius 3 is 2.00 bits per heavy atom. The third-order valence-electron chi connectivity index (χ3n) is 2.91. The van der Waals surface area contributed by atoms with Gasteiger partial charge in [0, 0.05) is 6.54 Å². The van der Waals surface area contributed by atoms with E-state index in [9.17, 15) is 13.6 Å². The molecule has 2 aromatic rings. The van der Waals surface area contributed by atoms with Crippen molar-refractivity contribution in [2.24, 2.45) is 5.73 Å². The molecule has 5 heteroatoms. The van der Waals surface area contributed by atoms with Gasteiger partial charge in [-0.05, 0) is 35.4 Å². The second kappa shape index (κ2) is 6.25. The summed E-state index contributed by atoms with van der Waals surface area (Å²) >= 11 is 0. The van der Waals surface area contributed by atoms with Crippen LogP contribution in [0.4, 0.5) is 8.78 Å². The molecule has 0 aliphatic rings. The minimum atomic E-state index is -0.722. The summed E-state index contributed by atoms with van der Waals surface area (Å²) in [5, 5.41) is 2.97. The highest BCUT2D eigenvalue weighted by molar-refractivity contribution is 5.81. The van der Waals surface area contributed by atoms with E-state index >= 15 is 0 Å². The van der Waals surface area contributed by atoms with Gasteiger partial charge in [-0.2, -0.15) is 0 Å². The molecule has 0 bridgehead atoms.